The van der Waals surface area contributed by atoms with Crippen LogP contribution >= 0.6 is 12.4 Å². The van der Waals surface area contributed by atoms with Crippen molar-refractivity contribution in [2.45, 2.75) is 38.3 Å². The van der Waals surface area contributed by atoms with Crippen molar-refractivity contribution in [3.05, 3.63) is 0 Å². The summed E-state index contributed by atoms with van der Waals surface area (Å²) in [5.74, 6) is -0.905. The minimum absolute atomic E-state index is 0. The van der Waals surface area contributed by atoms with Gasteiger partial charge in [-0.05, 0) is 40.3 Å². The zero-order valence-corrected chi connectivity index (χ0v) is 9.88. The van der Waals surface area contributed by atoms with Crippen LogP contribution in [0.3, 0.4) is 0 Å². The highest BCUT2D eigenvalue weighted by atomic mass is 35.5. The number of carboxylic acids is 1. The van der Waals surface area contributed by atoms with E-state index in [1.54, 1.807) is 0 Å². The minimum atomic E-state index is -0.905. The van der Waals surface area contributed by atoms with Crippen LogP contribution in [0.4, 0.5) is 0 Å². The van der Waals surface area contributed by atoms with Crippen LogP contribution in [0.1, 0.15) is 26.2 Å². The van der Waals surface area contributed by atoms with Crippen LogP contribution in [0.25, 0.3) is 0 Å². The highest BCUT2D eigenvalue weighted by molar-refractivity contribution is 5.85. The van der Waals surface area contributed by atoms with Crippen molar-refractivity contribution in [3.8, 4) is 0 Å². The number of hydrogen-bond acceptors (Lipinski definition) is 3. The van der Waals surface area contributed by atoms with E-state index in [0.29, 0.717) is 12.5 Å². The van der Waals surface area contributed by atoms with Crippen LogP contribution < -0.4 is 5.73 Å². The molecule has 2 atom stereocenters. The summed E-state index contributed by atoms with van der Waals surface area (Å²) in [6.45, 7) is 2.12. The predicted molar refractivity (Wildman–Crippen MR) is 59.9 cm³/mol. The van der Waals surface area contributed by atoms with Gasteiger partial charge in [0.2, 0.25) is 0 Å². The lowest BCUT2D eigenvalue weighted by Gasteiger charge is -2.19. The summed E-state index contributed by atoms with van der Waals surface area (Å²) in [5.41, 5.74) is 5.37. The summed E-state index contributed by atoms with van der Waals surface area (Å²) in [5, 5.41) is 8.52. The van der Waals surface area contributed by atoms with E-state index in [-0.39, 0.29) is 12.4 Å². The number of hydrogen-bond donors (Lipinski definition) is 2. The average Bonchev–Trinajstić information content (AvgIpc) is 2.03. The third-order valence-corrected chi connectivity index (χ3v) is 2.34. The molecule has 14 heavy (non-hydrogen) atoms. The van der Waals surface area contributed by atoms with Gasteiger partial charge in [-0.1, -0.05) is 0 Å². The molecule has 0 aromatic heterocycles. The van der Waals surface area contributed by atoms with Crippen molar-refractivity contribution < 1.29 is 9.90 Å². The van der Waals surface area contributed by atoms with Gasteiger partial charge in [-0.2, -0.15) is 0 Å². The molecule has 0 fully saturated rings. The summed E-state index contributed by atoms with van der Waals surface area (Å²) in [4.78, 5) is 12.5. The Labute approximate surface area is 91.9 Å². The molecule has 0 aliphatic heterocycles. The van der Waals surface area contributed by atoms with Gasteiger partial charge in [-0.3, -0.25) is 4.79 Å². The summed E-state index contributed by atoms with van der Waals surface area (Å²) in [7, 11) is 4.03. The van der Waals surface area contributed by atoms with Crippen molar-refractivity contribution in [2.75, 3.05) is 14.1 Å². The SMILES string of the molecule is CC(CCC[C@H](N)C(=O)O)N(C)C.Cl. The Kier molecular flexibility index (Phi) is 9.24. The Morgan fingerprint density at radius 1 is 1.43 bits per heavy atom. The van der Waals surface area contributed by atoms with Crippen LogP contribution in [0.15, 0.2) is 0 Å². The van der Waals surface area contributed by atoms with Crippen molar-refractivity contribution >= 4 is 18.4 Å². The third kappa shape index (κ3) is 7.12. The molecule has 0 saturated carbocycles. The lowest BCUT2D eigenvalue weighted by atomic mass is 10.1. The molecule has 0 aromatic carbocycles. The third-order valence-electron chi connectivity index (χ3n) is 2.34. The highest BCUT2D eigenvalue weighted by Gasteiger charge is 2.11. The smallest absolute Gasteiger partial charge is 0.320 e. The van der Waals surface area contributed by atoms with Crippen LogP contribution in [0, 0.1) is 0 Å². The van der Waals surface area contributed by atoms with Crippen molar-refractivity contribution in [1.29, 1.82) is 0 Å². The van der Waals surface area contributed by atoms with E-state index in [4.69, 9.17) is 10.8 Å². The maximum Gasteiger partial charge on any atom is 0.320 e. The fraction of sp³-hybridized carbons (Fsp3) is 0.889. The second-order valence-electron chi connectivity index (χ2n) is 3.69. The molecular weight excluding hydrogens is 204 g/mol. The summed E-state index contributed by atoms with van der Waals surface area (Å²) < 4.78 is 0. The molecule has 0 bridgehead atoms. The summed E-state index contributed by atoms with van der Waals surface area (Å²) in [6, 6.07) is -0.213. The number of rotatable bonds is 6. The van der Waals surface area contributed by atoms with Gasteiger partial charge in [0, 0.05) is 6.04 Å². The van der Waals surface area contributed by atoms with Gasteiger partial charge in [0.05, 0.1) is 0 Å². The zero-order valence-electron chi connectivity index (χ0n) is 9.06. The van der Waals surface area contributed by atoms with E-state index >= 15 is 0 Å². The molecule has 0 aliphatic rings. The summed E-state index contributed by atoms with van der Waals surface area (Å²) in [6.07, 6.45) is 2.42. The number of halogens is 1. The van der Waals surface area contributed by atoms with Gasteiger partial charge in [-0.15, -0.1) is 12.4 Å². The molecule has 1 unspecified atom stereocenters. The number of carboxylic acid groups (broad SMARTS) is 1. The first kappa shape index (κ1) is 16.1. The van der Waals surface area contributed by atoms with Crippen molar-refractivity contribution in [3.63, 3.8) is 0 Å². The standard InChI is InChI=1S/C9H20N2O2.ClH/c1-7(11(2)3)5-4-6-8(10)9(12)13;/h7-8H,4-6,10H2,1-3H3,(H,12,13);1H/t7?,8-;/m0./s1. The first-order valence-electron chi connectivity index (χ1n) is 4.60. The Bertz CT molecular complexity index is 165. The zero-order chi connectivity index (χ0) is 10.4. The molecule has 0 saturated heterocycles. The number of nitrogens with two attached hydrogens (primary N) is 1. The van der Waals surface area contributed by atoms with E-state index in [0.717, 1.165) is 12.8 Å². The fourth-order valence-corrected chi connectivity index (χ4v) is 1.01. The predicted octanol–water partition coefficient (Wildman–Crippen LogP) is 0.941. The molecule has 0 aliphatic carbocycles. The molecule has 0 aromatic rings. The van der Waals surface area contributed by atoms with E-state index in [1.165, 1.54) is 0 Å². The van der Waals surface area contributed by atoms with E-state index in [1.807, 2.05) is 14.1 Å². The normalized spacial score (nSPS) is 14.6. The molecule has 3 N–H and O–H groups in total. The topological polar surface area (TPSA) is 66.6 Å². The first-order chi connectivity index (χ1) is 5.95. The number of carbonyl (C=O) groups is 1. The van der Waals surface area contributed by atoms with Crippen LogP contribution in [-0.4, -0.2) is 42.2 Å². The van der Waals surface area contributed by atoms with Gasteiger partial charge in [0.15, 0.2) is 0 Å². The Morgan fingerprint density at radius 3 is 2.29 bits per heavy atom. The van der Waals surface area contributed by atoms with E-state index in [9.17, 15) is 4.79 Å². The fourth-order valence-electron chi connectivity index (χ4n) is 1.01. The first-order valence-corrected chi connectivity index (χ1v) is 4.60. The maximum atomic E-state index is 10.4. The van der Waals surface area contributed by atoms with E-state index in [2.05, 4.69) is 11.8 Å². The van der Waals surface area contributed by atoms with E-state index < -0.39 is 12.0 Å². The number of nitrogens with zero attached hydrogens (tertiary/aromatic N) is 1. The minimum Gasteiger partial charge on any atom is -0.480 e. The van der Waals surface area contributed by atoms with Gasteiger partial charge in [0.25, 0.3) is 0 Å². The quantitative estimate of drug-likeness (QED) is 0.705. The molecule has 0 spiro atoms. The van der Waals surface area contributed by atoms with Crippen LogP contribution in [0.5, 0.6) is 0 Å². The van der Waals surface area contributed by atoms with Crippen molar-refractivity contribution in [2.24, 2.45) is 5.73 Å². The van der Waals surface area contributed by atoms with Crippen LogP contribution in [0.2, 0.25) is 0 Å². The van der Waals surface area contributed by atoms with Gasteiger partial charge < -0.3 is 15.7 Å². The lowest BCUT2D eigenvalue weighted by Crippen LogP contribution is -2.31. The van der Waals surface area contributed by atoms with Gasteiger partial charge in [-0.25, -0.2) is 0 Å². The van der Waals surface area contributed by atoms with Crippen molar-refractivity contribution in [1.82, 2.24) is 4.90 Å². The van der Waals surface area contributed by atoms with Gasteiger partial charge >= 0.3 is 5.97 Å². The average molecular weight is 225 g/mol. The maximum absolute atomic E-state index is 10.4. The molecule has 86 valence electrons. The largest absolute Gasteiger partial charge is 0.480 e. The Morgan fingerprint density at radius 2 is 1.93 bits per heavy atom. The van der Waals surface area contributed by atoms with Gasteiger partial charge in [0.1, 0.15) is 6.04 Å². The molecule has 0 amide bonds. The molecule has 5 heteroatoms. The summed E-state index contributed by atoms with van der Waals surface area (Å²) >= 11 is 0. The molecule has 0 heterocycles. The second kappa shape index (κ2) is 8.03. The molecule has 0 rings (SSSR count). The second-order valence-corrected chi connectivity index (χ2v) is 3.69. The molecule has 0 radical (unpaired) electrons. The number of aliphatic carboxylic acids is 1. The molecular formula is C9H21ClN2O2. The molecule has 4 nitrogen and oxygen atoms in total. The Hall–Kier alpha value is -0.320. The van der Waals surface area contributed by atoms with Crippen LogP contribution in [-0.2, 0) is 4.79 Å². The monoisotopic (exact) mass is 224 g/mol. The Balaban J connectivity index is 0. The lowest BCUT2D eigenvalue weighted by molar-refractivity contribution is -0.138. The highest BCUT2D eigenvalue weighted by Crippen LogP contribution is 2.06.